The molecule has 0 rings (SSSR count). The van der Waals surface area contributed by atoms with Crippen LogP contribution in [-0.4, -0.2) is 23.4 Å². The van der Waals surface area contributed by atoms with Gasteiger partial charge < -0.3 is 9.84 Å². The van der Waals surface area contributed by atoms with E-state index in [-0.39, 0.29) is 12.2 Å². The minimum absolute atomic E-state index is 0.178. The predicted molar refractivity (Wildman–Crippen MR) is 74.3 cm³/mol. The molecule has 3 atom stereocenters. The SMILES string of the molecule is CCCCCC[C@H](CCC)O[C@H](C)C[C@@H](C)O. The molecule has 0 saturated heterocycles. The predicted octanol–water partition coefficient (Wildman–Crippen LogP) is 4.30. The van der Waals surface area contributed by atoms with E-state index in [1.165, 1.54) is 38.5 Å². The van der Waals surface area contributed by atoms with Crippen LogP contribution in [0.1, 0.15) is 79.1 Å². The lowest BCUT2D eigenvalue weighted by Gasteiger charge is -2.23. The molecule has 0 unspecified atom stereocenters. The van der Waals surface area contributed by atoms with Crippen molar-refractivity contribution < 1.29 is 9.84 Å². The zero-order chi connectivity index (χ0) is 13.1. The summed E-state index contributed by atoms with van der Waals surface area (Å²) in [5.74, 6) is 0. The molecule has 2 heteroatoms. The summed E-state index contributed by atoms with van der Waals surface area (Å²) in [6, 6.07) is 0. The van der Waals surface area contributed by atoms with Gasteiger partial charge in [-0.25, -0.2) is 0 Å². The van der Waals surface area contributed by atoms with E-state index in [0.29, 0.717) is 6.10 Å². The van der Waals surface area contributed by atoms with Gasteiger partial charge in [-0.2, -0.15) is 0 Å². The number of ether oxygens (including phenoxy) is 1. The Morgan fingerprint density at radius 1 is 0.941 bits per heavy atom. The number of aliphatic hydroxyl groups excluding tert-OH is 1. The van der Waals surface area contributed by atoms with E-state index in [1.807, 2.05) is 6.92 Å². The van der Waals surface area contributed by atoms with Crippen molar-refractivity contribution in [1.29, 1.82) is 0 Å². The lowest BCUT2D eigenvalue weighted by Crippen LogP contribution is -2.23. The van der Waals surface area contributed by atoms with Gasteiger partial charge in [0.05, 0.1) is 18.3 Å². The highest BCUT2D eigenvalue weighted by Gasteiger charge is 2.13. The monoisotopic (exact) mass is 244 g/mol. The van der Waals surface area contributed by atoms with Crippen LogP contribution in [0, 0.1) is 0 Å². The molecule has 0 aromatic carbocycles. The van der Waals surface area contributed by atoms with Gasteiger partial charge in [0.25, 0.3) is 0 Å². The standard InChI is InChI=1S/C15H32O2/c1-5-7-8-9-11-15(10-6-2)17-14(4)12-13(3)16/h13-16H,5-12H2,1-4H3/t13-,14-,15+/m1/s1. The van der Waals surface area contributed by atoms with Gasteiger partial charge in [0.2, 0.25) is 0 Å². The van der Waals surface area contributed by atoms with Crippen LogP contribution in [0.15, 0.2) is 0 Å². The third-order valence-corrected chi connectivity index (χ3v) is 3.09. The highest BCUT2D eigenvalue weighted by Crippen LogP contribution is 2.16. The van der Waals surface area contributed by atoms with Crippen LogP contribution in [0.2, 0.25) is 0 Å². The molecule has 0 aromatic heterocycles. The summed E-state index contributed by atoms with van der Waals surface area (Å²) in [5.41, 5.74) is 0. The van der Waals surface area contributed by atoms with E-state index in [1.54, 1.807) is 0 Å². The van der Waals surface area contributed by atoms with Crippen molar-refractivity contribution in [2.24, 2.45) is 0 Å². The molecule has 2 nitrogen and oxygen atoms in total. The fourth-order valence-corrected chi connectivity index (χ4v) is 2.27. The average Bonchev–Trinajstić information content (AvgIpc) is 2.23. The molecule has 0 aliphatic rings. The van der Waals surface area contributed by atoms with Gasteiger partial charge in [-0.3, -0.25) is 0 Å². The van der Waals surface area contributed by atoms with Crippen LogP contribution in [0.25, 0.3) is 0 Å². The molecular weight excluding hydrogens is 212 g/mol. The Balaban J connectivity index is 3.79. The molecule has 0 fully saturated rings. The number of unbranched alkanes of at least 4 members (excludes halogenated alkanes) is 3. The maximum atomic E-state index is 9.33. The van der Waals surface area contributed by atoms with E-state index < -0.39 is 0 Å². The summed E-state index contributed by atoms with van der Waals surface area (Å²) >= 11 is 0. The smallest absolute Gasteiger partial charge is 0.0578 e. The van der Waals surface area contributed by atoms with Crippen LogP contribution >= 0.6 is 0 Å². The molecule has 0 radical (unpaired) electrons. The van der Waals surface area contributed by atoms with E-state index >= 15 is 0 Å². The van der Waals surface area contributed by atoms with E-state index in [9.17, 15) is 5.11 Å². The van der Waals surface area contributed by atoms with Crippen LogP contribution in [-0.2, 0) is 4.74 Å². The maximum Gasteiger partial charge on any atom is 0.0578 e. The Bertz CT molecular complexity index is 157. The van der Waals surface area contributed by atoms with Crippen molar-refractivity contribution in [3.63, 3.8) is 0 Å². The lowest BCUT2D eigenvalue weighted by molar-refractivity contribution is -0.0321. The Morgan fingerprint density at radius 3 is 2.18 bits per heavy atom. The van der Waals surface area contributed by atoms with Crippen molar-refractivity contribution in [2.45, 2.75) is 97.4 Å². The lowest BCUT2D eigenvalue weighted by atomic mass is 10.1. The molecule has 0 aliphatic heterocycles. The molecule has 0 saturated carbocycles. The van der Waals surface area contributed by atoms with Gasteiger partial charge in [-0.1, -0.05) is 46.0 Å². The Hall–Kier alpha value is -0.0800. The summed E-state index contributed by atoms with van der Waals surface area (Å²) in [6.07, 6.45) is 9.80. The first-order chi connectivity index (χ1) is 8.10. The Labute approximate surface area is 108 Å². The second kappa shape index (κ2) is 11.0. The fraction of sp³-hybridized carbons (Fsp3) is 1.00. The molecular formula is C15H32O2. The van der Waals surface area contributed by atoms with E-state index in [4.69, 9.17) is 4.74 Å². The second-order valence-electron chi connectivity index (χ2n) is 5.29. The minimum Gasteiger partial charge on any atom is -0.393 e. The van der Waals surface area contributed by atoms with E-state index in [2.05, 4.69) is 20.8 Å². The van der Waals surface area contributed by atoms with Gasteiger partial charge >= 0.3 is 0 Å². The van der Waals surface area contributed by atoms with Crippen LogP contribution in [0.3, 0.4) is 0 Å². The quantitative estimate of drug-likeness (QED) is 0.549. The largest absolute Gasteiger partial charge is 0.393 e. The van der Waals surface area contributed by atoms with Gasteiger partial charge in [-0.15, -0.1) is 0 Å². The number of hydrogen-bond acceptors (Lipinski definition) is 2. The topological polar surface area (TPSA) is 29.5 Å². The van der Waals surface area contributed by atoms with Crippen molar-refractivity contribution in [2.75, 3.05) is 0 Å². The van der Waals surface area contributed by atoms with Crippen molar-refractivity contribution >= 4 is 0 Å². The molecule has 0 spiro atoms. The van der Waals surface area contributed by atoms with Crippen molar-refractivity contribution in [3.05, 3.63) is 0 Å². The molecule has 0 amide bonds. The molecule has 0 bridgehead atoms. The zero-order valence-corrected chi connectivity index (χ0v) is 12.2. The highest BCUT2D eigenvalue weighted by atomic mass is 16.5. The first kappa shape index (κ1) is 16.9. The summed E-state index contributed by atoms with van der Waals surface area (Å²) in [5, 5.41) is 9.33. The highest BCUT2D eigenvalue weighted by molar-refractivity contribution is 4.63. The summed E-state index contributed by atoms with van der Waals surface area (Å²) in [6.45, 7) is 8.35. The van der Waals surface area contributed by atoms with Crippen molar-refractivity contribution in [1.82, 2.24) is 0 Å². The Morgan fingerprint density at radius 2 is 1.65 bits per heavy atom. The first-order valence-electron chi connectivity index (χ1n) is 7.43. The summed E-state index contributed by atoms with van der Waals surface area (Å²) in [7, 11) is 0. The van der Waals surface area contributed by atoms with Crippen molar-refractivity contribution in [3.8, 4) is 0 Å². The molecule has 1 N–H and O–H groups in total. The normalized spacial score (nSPS) is 16.8. The minimum atomic E-state index is -0.257. The van der Waals surface area contributed by atoms with Gasteiger partial charge in [-0.05, 0) is 33.1 Å². The average molecular weight is 244 g/mol. The fourth-order valence-electron chi connectivity index (χ4n) is 2.27. The third kappa shape index (κ3) is 10.8. The van der Waals surface area contributed by atoms with Crippen LogP contribution in [0.4, 0.5) is 0 Å². The Kier molecular flexibility index (Phi) is 11.0. The third-order valence-electron chi connectivity index (χ3n) is 3.09. The zero-order valence-electron chi connectivity index (χ0n) is 12.2. The maximum absolute atomic E-state index is 9.33. The van der Waals surface area contributed by atoms with Gasteiger partial charge in [0, 0.05) is 0 Å². The first-order valence-corrected chi connectivity index (χ1v) is 7.43. The summed E-state index contributed by atoms with van der Waals surface area (Å²) in [4.78, 5) is 0. The van der Waals surface area contributed by atoms with E-state index in [0.717, 1.165) is 12.8 Å². The van der Waals surface area contributed by atoms with Gasteiger partial charge in [0.1, 0.15) is 0 Å². The molecule has 0 heterocycles. The van der Waals surface area contributed by atoms with Gasteiger partial charge in [0.15, 0.2) is 0 Å². The molecule has 104 valence electrons. The van der Waals surface area contributed by atoms with Crippen LogP contribution < -0.4 is 0 Å². The summed E-state index contributed by atoms with van der Waals surface area (Å²) < 4.78 is 6.02. The van der Waals surface area contributed by atoms with Crippen LogP contribution in [0.5, 0.6) is 0 Å². The number of rotatable bonds is 11. The molecule has 0 aliphatic carbocycles. The molecule has 17 heavy (non-hydrogen) atoms. The number of hydrogen-bond donors (Lipinski definition) is 1. The number of aliphatic hydroxyl groups is 1. The molecule has 0 aromatic rings. The second-order valence-corrected chi connectivity index (χ2v) is 5.29.